The molecule has 0 atom stereocenters. The van der Waals surface area contributed by atoms with Crippen LogP contribution in [0.2, 0.25) is 0 Å². The standard InChI is InChI=1S/C5H13N2O3.NO3/c1-7(2,3)4-5-10-6(8)9;2-1(3)4/h4-5H2,1-3H3;/q+1;-1. The number of quaternary nitrogens is 1. The van der Waals surface area contributed by atoms with E-state index >= 15 is 0 Å². The number of nitrogens with zero attached hydrogens (tertiary/aromatic N) is 3. The molecular weight excluding hydrogens is 198 g/mol. The first-order valence-corrected chi connectivity index (χ1v) is 3.54. The summed E-state index contributed by atoms with van der Waals surface area (Å²) in [5, 5.41) is 23.6. The Morgan fingerprint density at radius 2 is 1.50 bits per heavy atom. The van der Waals surface area contributed by atoms with Gasteiger partial charge in [0, 0.05) is 0 Å². The number of hydrogen-bond donors (Lipinski definition) is 0. The van der Waals surface area contributed by atoms with Crippen LogP contribution in [0.15, 0.2) is 0 Å². The fourth-order valence-corrected chi connectivity index (χ4v) is 0.389. The molecule has 0 unspecified atom stereocenters. The Kier molecular flexibility index (Phi) is 7.25. The van der Waals surface area contributed by atoms with Gasteiger partial charge >= 0.3 is 0 Å². The Balaban J connectivity index is 0. The maximum atomic E-state index is 9.66. The molecule has 0 bridgehead atoms. The first kappa shape index (κ1) is 14.9. The summed E-state index contributed by atoms with van der Waals surface area (Å²) in [6.45, 7) is 0.803. The molecule has 9 nitrogen and oxygen atoms in total. The van der Waals surface area contributed by atoms with E-state index in [0.29, 0.717) is 11.0 Å². The normalized spacial score (nSPS) is 9.64. The molecular formula is C5H13N3O6. The Morgan fingerprint density at radius 1 is 1.14 bits per heavy atom. The molecule has 0 aliphatic carbocycles. The molecule has 0 aromatic heterocycles. The second-order valence-corrected chi connectivity index (χ2v) is 3.29. The monoisotopic (exact) mass is 211 g/mol. The predicted octanol–water partition coefficient (Wildman–Crippen LogP) is -0.338. The maximum absolute atomic E-state index is 9.66. The van der Waals surface area contributed by atoms with Gasteiger partial charge in [-0.3, -0.25) is 0 Å². The van der Waals surface area contributed by atoms with E-state index in [0.717, 1.165) is 0 Å². The molecule has 0 rings (SSSR count). The van der Waals surface area contributed by atoms with Crippen molar-refractivity contribution in [3.63, 3.8) is 0 Å². The van der Waals surface area contributed by atoms with Crippen LogP contribution in [0.3, 0.4) is 0 Å². The highest BCUT2D eigenvalue weighted by molar-refractivity contribution is 4.21. The third-order valence-electron chi connectivity index (χ3n) is 0.959. The molecule has 0 amide bonds. The predicted molar refractivity (Wildman–Crippen MR) is 46.2 cm³/mol. The van der Waals surface area contributed by atoms with E-state index in [2.05, 4.69) is 4.84 Å². The third kappa shape index (κ3) is 31.6. The zero-order chi connectivity index (χ0) is 11.8. The molecule has 0 spiro atoms. The van der Waals surface area contributed by atoms with Crippen molar-refractivity contribution >= 4 is 0 Å². The quantitative estimate of drug-likeness (QED) is 0.356. The molecule has 0 saturated carbocycles. The topological polar surface area (TPSA) is 119 Å². The van der Waals surface area contributed by atoms with E-state index in [4.69, 9.17) is 15.3 Å². The molecule has 0 radical (unpaired) electrons. The van der Waals surface area contributed by atoms with E-state index in [1.165, 1.54) is 0 Å². The van der Waals surface area contributed by atoms with Crippen LogP contribution in [0.1, 0.15) is 0 Å². The minimum atomic E-state index is -1.75. The van der Waals surface area contributed by atoms with Crippen LogP contribution in [-0.4, -0.2) is 49.0 Å². The van der Waals surface area contributed by atoms with E-state index in [9.17, 15) is 10.1 Å². The summed E-state index contributed by atoms with van der Waals surface area (Å²) < 4.78 is 0.674. The maximum Gasteiger partial charge on any atom is 0.294 e. The molecule has 0 aromatic carbocycles. The van der Waals surface area contributed by atoms with Gasteiger partial charge in [0.05, 0.1) is 26.2 Å². The van der Waals surface area contributed by atoms with Crippen molar-refractivity contribution in [1.82, 2.24) is 0 Å². The van der Waals surface area contributed by atoms with Gasteiger partial charge in [-0.15, -0.1) is 10.1 Å². The van der Waals surface area contributed by atoms with Crippen molar-refractivity contribution in [2.45, 2.75) is 0 Å². The molecule has 0 aromatic rings. The first-order chi connectivity index (χ1) is 6.15. The molecule has 0 aliphatic heterocycles. The van der Waals surface area contributed by atoms with Gasteiger partial charge in [-0.25, -0.2) is 0 Å². The van der Waals surface area contributed by atoms with Crippen LogP contribution in [0.25, 0.3) is 0 Å². The minimum Gasteiger partial charge on any atom is -0.356 e. The molecule has 0 saturated heterocycles. The smallest absolute Gasteiger partial charge is 0.294 e. The van der Waals surface area contributed by atoms with Gasteiger partial charge in [-0.2, -0.15) is 0 Å². The van der Waals surface area contributed by atoms with Gasteiger partial charge in [0.1, 0.15) is 13.2 Å². The van der Waals surface area contributed by atoms with Crippen molar-refractivity contribution in [3.05, 3.63) is 25.4 Å². The lowest BCUT2D eigenvalue weighted by Gasteiger charge is -2.22. The van der Waals surface area contributed by atoms with Crippen molar-refractivity contribution in [2.24, 2.45) is 0 Å². The van der Waals surface area contributed by atoms with Crippen molar-refractivity contribution in [3.8, 4) is 0 Å². The van der Waals surface area contributed by atoms with Crippen LogP contribution in [0, 0.1) is 25.4 Å². The summed E-state index contributed by atoms with van der Waals surface area (Å²) in [4.78, 5) is 22.0. The van der Waals surface area contributed by atoms with Crippen LogP contribution >= 0.6 is 0 Å². The highest BCUT2D eigenvalue weighted by Crippen LogP contribution is 1.88. The van der Waals surface area contributed by atoms with E-state index < -0.39 is 10.2 Å². The zero-order valence-electron chi connectivity index (χ0n) is 8.21. The second-order valence-electron chi connectivity index (χ2n) is 3.29. The van der Waals surface area contributed by atoms with Gasteiger partial charge in [0.15, 0.2) is 0 Å². The van der Waals surface area contributed by atoms with Gasteiger partial charge in [-0.1, -0.05) is 0 Å². The van der Waals surface area contributed by atoms with E-state index in [-0.39, 0.29) is 6.61 Å². The average Bonchev–Trinajstić information content (AvgIpc) is 1.80. The number of hydrogen-bond acceptors (Lipinski definition) is 6. The Morgan fingerprint density at radius 3 is 1.71 bits per heavy atom. The summed E-state index contributed by atoms with van der Waals surface area (Å²) in [6.07, 6.45) is 0. The molecule has 0 fully saturated rings. The Labute approximate surface area is 80.3 Å². The molecule has 9 heteroatoms. The third-order valence-corrected chi connectivity index (χ3v) is 0.959. The Hall–Kier alpha value is -1.64. The minimum absolute atomic E-state index is 0.163. The highest BCUT2D eigenvalue weighted by atomic mass is 16.9. The lowest BCUT2D eigenvalue weighted by Crippen LogP contribution is -2.37. The van der Waals surface area contributed by atoms with Gasteiger partial charge in [-0.05, 0) is 0 Å². The van der Waals surface area contributed by atoms with Crippen LogP contribution < -0.4 is 0 Å². The highest BCUT2D eigenvalue weighted by Gasteiger charge is 2.06. The van der Waals surface area contributed by atoms with Crippen LogP contribution in [0.4, 0.5) is 0 Å². The van der Waals surface area contributed by atoms with E-state index in [1.54, 1.807) is 0 Å². The van der Waals surface area contributed by atoms with Gasteiger partial charge < -0.3 is 24.6 Å². The fraction of sp³-hybridized carbons (Fsp3) is 1.00. The molecule has 84 valence electrons. The molecule has 0 heterocycles. The second kappa shape index (κ2) is 6.83. The Bertz CT molecular complexity index is 184. The number of likely N-dealkylation sites (N-methyl/N-ethyl adjacent to an activating group) is 1. The number of rotatable bonds is 4. The van der Waals surface area contributed by atoms with E-state index in [1.807, 2.05) is 21.1 Å². The summed E-state index contributed by atoms with van der Waals surface area (Å²) in [7, 11) is 5.84. The lowest BCUT2D eigenvalue weighted by atomic mass is 10.5. The first-order valence-electron chi connectivity index (χ1n) is 3.54. The van der Waals surface area contributed by atoms with Crippen molar-refractivity contribution in [1.29, 1.82) is 0 Å². The SMILES string of the molecule is C[N+](C)(C)CCO[N+](=O)[O-].O=[N+]([O-])[O-]. The zero-order valence-corrected chi connectivity index (χ0v) is 8.21. The molecule has 14 heavy (non-hydrogen) atoms. The van der Waals surface area contributed by atoms with Crippen molar-refractivity contribution in [2.75, 3.05) is 34.3 Å². The summed E-state index contributed by atoms with van der Waals surface area (Å²) >= 11 is 0. The fourth-order valence-electron chi connectivity index (χ4n) is 0.389. The van der Waals surface area contributed by atoms with Crippen LogP contribution in [0.5, 0.6) is 0 Å². The lowest BCUT2D eigenvalue weighted by molar-refractivity contribution is -0.879. The van der Waals surface area contributed by atoms with Crippen molar-refractivity contribution < 1.29 is 19.5 Å². The summed E-state index contributed by atoms with van der Waals surface area (Å²) in [5.41, 5.74) is 0. The summed E-state index contributed by atoms with van der Waals surface area (Å²) in [6, 6.07) is 0. The largest absolute Gasteiger partial charge is 0.356 e. The average molecular weight is 211 g/mol. The summed E-state index contributed by atoms with van der Waals surface area (Å²) in [5.74, 6) is 0. The van der Waals surface area contributed by atoms with Crippen LogP contribution in [-0.2, 0) is 4.84 Å². The van der Waals surface area contributed by atoms with Gasteiger partial charge in [0.25, 0.3) is 5.09 Å². The van der Waals surface area contributed by atoms with Gasteiger partial charge in [0.2, 0.25) is 0 Å². The molecule has 0 N–H and O–H groups in total. The molecule has 0 aliphatic rings.